The van der Waals surface area contributed by atoms with Crippen molar-refractivity contribution in [1.82, 2.24) is 0 Å². The first-order valence-corrected chi connectivity index (χ1v) is 5.96. The van der Waals surface area contributed by atoms with Gasteiger partial charge in [0.2, 0.25) is 6.17 Å². The lowest BCUT2D eigenvalue weighted by Gasteiger charge is -2.12. The molecule has 0 bridgehead atoms. The number of rotatable bonds is 3. The molecule has 0 saturated carbocycles. The molecule has 2 aromatic carbocycles. The minimum Gasteiger partial charge on any atom is -0.423 e. The average Bonchev–Trinajstić information content (AvgIpc) is 2.46. The van der Waals surface area contributed by atoms with Crippen molar-refractivity contribution in [3.05, 3.63) is 65.7 Å². The van der Waals surface area contributed by atoms with Crippen LogP contribution in [0, 0.1) is 0 Å². The van der Waals surface area contributed by atoms with Crippen LogP contribution in [0.25, 0.3) is 0 Å². The second-order valence-corrected chi connectivity index (χ2v) is 4.23. The number of carbonyl (C=O) groups is 1. The Labute approximate surface area is 118 Å². The van der Waals surface area contributed by atoms with Crippen molar-refractivity contribution in [2.24, 2.45) is 0 Å². The van der Waals surface area contributed by atoms with Crippen LogP contribution in [0.15, 0.2) is 54.6 Å². The van der Waals surface area contributed by atoms with Crippen molar-refractivity contribution in [2.45, 2.75) is 12.3 Å². The molecular formula is C15H10F4O2. The van der Waals surface area contributed by atoms with Crippen LogP contribution in [0.2, 0.25) is 0 Å². The Morgan fingerprint density at radius 1 is 0.952 bits per heavy atom. The summed E-state index contributed by atoms with van der Waals surface area (Å²) in [5.74, 6) is -0.416. The summed E-state index contributed by atoms with van der Waals surface area (Å²) in [5, 5.41) is 0. The molecule has 1 atom stereocenters. The molecule has 0 N–H and O–H groups in total. The average molecular weight is 298 g/mol. The Morgan fingerprint density at radius 2 is 1.52 bits per heavy atom. The van der Waals surface area contributed by atoms with Gasteiger partial charge < -0.3 is 4.74 Å². The van der Waals surface area contributed by atoms with Gasteiger partial charge >= 0.3 is 12.1 Å². The lowest BCUT2D eigenvalue weighted by molar-refractivity contribution is -0.182. The molecule has 1 unspecified atom stereocenters. The van der Waals surface area contributed by atoms with Gasteiger partial charge in [-0.2, -0.15) is 13.2 Å². The summed E-state index contributed by atoms with van der Waals surface area (Å²) in [4.78, 5) is 11.8. The van der Waals surface area contributed by atoms with Crippen molar-refractivity contribution >= 4 is 5.97 Å². The Hall–Kier alpha value is -2.37. The van der Waals surface area contributed by atoms with E-state index in [0.29, 0.717) is 5.75 Å². The van der Waals surface area contributed by atoms with Crippen LogP contribution in [0.1, 0.15) is 22.1 Å². The molecule has 0 amide bonds. The second kappa shape index (κ2) is 5.95. The van der Waals surface area contributed by atoms with Crippen LogP contribution < -0.4 is 4.74 Å². The van der Waals surface area contributed by atoms with E-state index in [1.54, 1.807) is 30.3 Å². The van der Waals surface area contributed by atoms with E-state index < -0.39 is 23.9 Å². The van der Waals surface area contributed by atoms with Gasteiger partial charge in [-0.15, -0.1) is 0 Å². The number of ether oxygens (including phenoxy) is 1. The molecule has 0 fully saturated rings. The third kappa shape index (κ3) is 3.81. The van der Waals surface area contributed by atoms with Crippen LogP contribution in [0.4, 0.5) is 17.6 Å². The zero-order chi connectivity index (χ0) is 15.5. The van der Waals surface area contributed by atoms with Crippen LogP contribution in [-0.2, 0) is 0 Å². The highest BCUT2D eigenvalue weighted by atomic mass is 19.4. The number of hydrogen-bond acceptors (Lipinski definition) is 2. The maximum absolute atomic E-state index is 13.1. The number of esters is 1. The summed E-state index contributed by atoms with van der Waals surface area (Å²) < 4.78 is 54.7. The smallest absolute Gasteiger partial charge is 0.423 e. The fourth-order valence-corrected chi connectivity index (χ4v) is 1.63. The van der Waals surface area contributed by atoms with E-state index in [4.69, 9.17) is 4.74 Å². The molecule has 6 heteroatoms. The maximum Gasteiger partial charge on any atom is 0.423 e. The molecule has 0 spiro atoms. The SMILES string of the molecule is O=C(Oc1ccccc1)c1ccc(C(F)C(F)(F)F)cc1. The normalized spacial score (nSPS) is 12.8. The van der Waals surface area contributed by atoms with Gasteiger partial charge in [-0.05, 0) is 29.8 Å². The summed E-state index contributed by atoms with van der Waals surface area (Å²) in [6.45, 7) is 0. The van der Waals surface area contributed by atoms with Crippen molar-refractivity contribution in [1.29, 1.82) is 0 Å². The fraction of sp³-hybridized carbons (Fsp3) is 0.133. The Kier molecular flexibility index (Phi) is 4.26. The quantitative estimate of drug-likeness (QED) is 0.474. The molecule has 0 aliphatic rings. The second-order valence-electron chi connectivity index (χ2n) is 4.23. The number of carbonyl (C=O) groups excluding carboxylic acids is 1. The van der Waals surface area contributed by atoms with Crippen LogP contribution >= 0.6 is 0 Å². The molecule has 0 aliphatic heterocycles. The number of para-hydroxylation sites is 1. The Balaban J connectivity index is 2.10. The molecule has 0 saturated heterocycles. The molecule has 0 aromatic heterocycles. The number of hydrogen-bond donors (Lipinski definition) is 0. The number of halogens is 4. The first-order chi connectivity index (χ1) is 9.88. The van der Waals surface area contributed by atoms with Gasteiger partial charge in [0.15, 0.2) is 0 Å². The predicted molar refractivity (Wildman–Crippen MR) is 67.7 cm³/mol. The van der Waals surface area contributed by atoms with Gasteiger partial charge in [0.25, 0.3) is 0 Å². The van der Waals surface area contributed by atoms with Gasteiger partial charge in [0.05, 0.1) is 5.56 Å². The van der Waals surface area contributed by atoms with E-state index in [0.717, 1.165) is 24.3 Å². The Bertz CT molecular complexity index is 606. The van der Waals surface area contributed by atoms with Crippen molar-refractivity contribution < 1.29 is 27.1 Å². The van der Waals surface area contributed by atoms with E-state index in [-0.39, 0.29) is 5.56 Å². The molecule has 0 heterocycles. The molecule has 0 aliphatic carbocycles. The molecular weight excluding hydrogens is 288 g/mol. The van der Waals surface area contributed by atoms with Gasteiger partial charge in [0, 0.05) is 0 Å². The van der Waals surface area contributed by atoms with Gasteiger partial charge in [-0.1, -0.05) is 30.3 Å². The fourth-order valence-electron chi connectivity index (χ4n) is 1.63. The van der Waals surface area contributed by atoms with Gasteiger partial charge in [0.1, 0.15) is 5.75 Å². The highest BCUT2D eigenvalue weighted by molar-refractivity contribution is 5.91. The number of alkyl halides is 4. The highest BCUT2D eigenvalue weighted by Crippen LogP contribution is 2.35. The molecule has 0 radical (unpaired) electrons. The lowest BCUT2D eigenvalue weighted by Crippen LogP contribution is -2.16. The zero-order valence-electron chi connectivity index (χ0n) is 10.6. The molecule has 2 rings (SSSR count). The number of benzene rings is 2. The minimum atomic E-state index is -4.97. The first-order valence-electron chi connectivity index (χ1n) is 5.96. The van der Waals surface area contributed by atoms with Crippen LogP contribution in [0.3, 0.4) is 0 Å². The third-order valence-corrected chi connectivity index (χ3v) is 2.68. The topological polar surface area (TPSA) is 26.3 Å². The van der Waals surface area contributed by atoms with Crippen LogP contribution in [0.5, 0.6) is 5.75 Å². The van der Waals surface area contributed by atoms with Crippen molar-refractivity contribution in [2.75, 3.05) is 0 Å². The molecule has 110 valence electrons. The van der Waals surface area contributed by atoms with Crippen LogP contribution in [-0.4, -0.2) is 12.1 Å². The van der Waals surface area contributed by atoms with E-state index in [9.17, 15) is 22.4 Å². The first kappa shape index (κ1) is 15.0. The summed E-state index contributed by atoms with van der Waals surface area (Å²) >= 11 is 0. The van der Waals surface area contributed by atoms with E-state index >= 15 is 0 Å². The predicted octanol–water partition coefficient (Wildman–Crippen LogP) is 4.48. The van der Waals surface area contributed by atoms with Crippen molar-refractivity contribution in [3.8, 4) is 5.75 Å². The van der Waals surface area contributed by atoms with E-state index in [1.165, 1.54) is 0 Å². The third-order valence-electron chi connectivity index (χ3n) is 2.68. The lowest BCUT2D eigenvalue weighted by atomic mass is 10.1. The van der Waals surface area contributed by atoms with E-state index in [2.05, 4.69) is 0 Å². The molecule has 2 aromatic rings. The Morgan fingerprint density at radius 3 is 2.05 bits per heavy atom. The maximum atomic E-state index is 13.1. The largest absolute Gasteiger partial charge is 0.423 e. The summed E-state index contributed by atoms with van der Waals surface area (Å²) in [6, 6.07) is 12.2. The highest BCUT2D eigenvalue weighted by Gasteiger charge is 2.41. The van der Waals surface area contributed by atoms with Crippen molar-refractivity contribution in [3.63, 3.8) is 0 Å². The molecule has 21 heavy (non-hydrogen) atoms. The zero-order valence-corrected chi connectivity index (χ0v) is 10.6. The summed E-state index contributed by atoms with van der Waals surface area (Å²) in [7, 11) is 0. The minimum absolute atomic E-state index is 0.0389. The van der Waals surface area contributed by atoms with Gasteiger partial charge in [-0.25, -0.2) is 9.18 Å². The molecule has 2 nitrogen and oxygen atoms in total. The monoisotopic (exact) mass is 298 g/mol. The summed E-state index contributed by atoms with van der Waals surface area (Å²) in [5.41, 5.74) is -0.518. The summed E-state index contributed by atoms with van der Waals surface area (Å²) in [6.07, 6.45) is -8.04. The van der Waals surface area contributed by atoms with Gasteiger partial charge in [-0.3, -0.25) is 0 Å². The van der Waals surface area contributed by atoms with E-state index in [1.807, 2.05) is 0 Å². The standard InChI is InChI=1S/C15H10F4O2/c16-13(15(17,18)19)10-6-8-11(9-7-10)14(20)21-12-4-2-1-3-5-12/h1-9,13H.